The molecular formula is C17H17NO2S. The number of hydrogen-bond donors (Lipinski definition) is 0. The maximum atomic E-state index is 12.2. The molecule has 1 unspecified atom stereocenters. The summed E-state index contributed by atoms with van der Waals surface area (Å²) in [7, 11) is -1.06. The van der Waals surface area contributed by atoms with Crippen molar-refractivity contribution in [3.8, 4) is 11.8 Å². The van der Waals surface area contributed by atoms with Crippen LogP contribution in [0.3, 0.4) is 0 Å². The summed E-state index contributed by atoms with van der Waals surface area (Å²) in [5.41, 5.74) is 2.94. The number of hydrogen-bond acceptors (Lipinski definition) is 3. The zero-order valence-corrected chi connectivity index (χ0v) is 12.9. The van der Waals surface area contributed by atoms with Gasteiger partial charge in [0, 0.05) is 4.90 Å². The van der Waals surface area contributed by atoms with Crippen LogP contribution in [0, 0.1) is 25.2 Å². The van der Waals surface area contributed by atoms with Crippen molar-refractivity contribution in [1.82, 2.24) is 0 Å². The third-order valence-electron chi connectivity index (χ3n) is 3.26. The first-order valence-corrected chi connectivity index (χ1v) is 8.00. The quantitative estimate of drug-likeness (QED) is 0.850. The molecule has 4 heteroatoms. The summed E-state index contributed by atoms with van der Waals surface area (Å²) in [6.07, 6.45) is 0. The predicted octanol–water partition coefficient (Wildman–Crippen LogP) is 3.36. The Hall–Kier alpha value is -2.12. The SMILES string of the molecule is Cc1ccc(S(=O)CCOc2ccc(C#N)cc2)cc1C. The van der Waals surface area contributed by atoms with Crippen molar-refractivity contribution in [2.75, 3.05) is 12.4 Å². The first kappa shape index (κ1) is 15.3. The fourth-order valence-corrected chi connectivity index (χ4v) is 2.83. The van der Waals surface area contributed by atoms with Crippen molar-refractivity contribution < 1.29 is 8.95 Å². The van der Waals surface area contributed by atoms with Gasteiger partial charge in [0.25, 0.3) is 0 Å². The van der Waals surface area contributed by atoms with Crippen molar-refractivity contribution >= 4 is 10.8 Å². The minimum Gasteiger partial charge on any atom is -0.493 e. The van der Waals surface area contributed by atoms with Crippen LogP contribution in [0.25, 0.3) is 0 Å². The van der Waals surface area contributed by atoms with Crippen LogP contribution in [0.1, 0.15) is 16.7 Å². The number of ether oxygens (including phenoxy) is 1. The summed E-state index contributed by atoms with van der Waals surface area (Å²) < 4.78 is 17.7. The van der Waals surface area contributed by atoms with Crippen LogP contribution in [0.5, 0.6) is 5.75 Å². The number of benzene rings is 2. The van der Waals surface area contributed by atoms with E-state index in [1.54, 1.807) is 24.3 Å². The van der Waals surface area contributed by atoms with Crippen LogP contribution >= 0.6 is 0 Å². The molecule has 0 N–H and O–H groups in total. The lowest BCUT2D eigenvalue weighted by Gasteiger charge is -2.07. The Labute approximate surface area is 127 Å². The van der Waals surface area contributed by atoms with E-state index in [4.69, 9.17) is 10.00 Å². The molecule has 2 aromatic rings. The summed E-state index contributed by atoms with van der Waals surface area (Å²) in [6.45, 7) is 4.44. The lowest BCUT2D eigenvalue weighted by molar-refractivity contribution is 0.342. The molecule has 0 aliphatic rings. The number of rotatable bonds is 5. The van der Waals surface area contributed by atoms with E-state index in [1.165, 1.54) is 5.56 Å². The van der Waals surface area contributed by atoms with E-state index >= 15 is 0 Å². The largest absolute Gasteiger partial charge is 0.493 e. The van der Waals surface area contributed by atoms with Crippen LogP contribution < -0.4 is 4.74 Å². The van der Waals surface area contributed by atoms with Gasteiger partial charge in [0.1, 0.15) is 12.4 Å². The molecule has 0 amide bonds. The lowest BCUT2D eigenvalue weighted by Crippen LogP contribution is -2.09. The van der Waals surface area contributed by atoms with Crippen molar-refractivity contribution in [3.63, 3.8) is 0 Å². The van der Waals surface area contributed by atoms with Crippen molar-refractivity contribution in [2.45, 2.75) is 18.7 Å². The highest BCUT2D eigenvalue weighted by atomic mass is 32.2. The zero-order valence-electron chi connectivity index (χ0n) is 12.1. The maximum Gasteiger partial charge on any atom is 0.119 e. The highest BCUT2D eigenvalue weighted by molar-refractivity contribution is 7.85. The Morgan fingerprint density at radius 2 is 1.81 bits per heavy atom. The Morgan fingerprint density at radius 3 is 2.43 bits per heavy atom. The van der Waals surface area contributed by atoms with Gasteiger partial charge in [0.15, 0.2) is 0 Å². The first-order chi connectivity index (χ1) is 10.1. The lowest BCUT2D eigenvalue weighted by atomic mass is 10.1. The second kappa shape index (κ2) is 7.05. The average Bonchev–Trinajstić information content (AvgIpc) is 2.50. The topological polar surface area (TPSA) is 50.1 Å². The maximum absolute atomic E-state index is 12.2. The van der Waals surface area contributed by atoms with Gasteiger partial charge in [-0.3, -0.25) is 4.21 Å². The standard InChI is InChI=1S/C17H17NO2S/c1-13-3-8-17(11-14(13)2)21(19)10-9-20-16-6-4-15(12-18)5-7-16/h3-8,11H,9-10H2,1-2H3. The summed E-state index contributed by atoms with van der Waals surface area (Å²) in [6, 6.07) is 14.8. The van der Waals surface area contributed by atoms with Crippen LogP contribution in [0.15, 0.2) is 47.4 Å². The van der Waals surface area contributed by atoms with E-state index in [0.29, 0.717) is 23.7 Å². The molecule has 0 heterocycles. The monoisotopic (exact) mass is 299 g/mol. The highest BCUT2D eigenvalue weighted by Gasteiger charge is 2.05. The van der Waals surface area contributed by atoms with Crippen LogP contribution in [-0.2, 0) is 10.8 Å². The first-order valence-electron chi connectivity index (χ1n) is 6.69. The number of aryl methyl sites for hydroxylation is 2. The number of nitriles is 1. The molecule has 108 valence electrons. The summed E-state index contributed by atoms with van der Waals surface area (Å²) in [5, 5.41) is 8.71. The molecule has 0 aliphatic heterocycles. The third kappa shape index (κ3) is 4.17. The summed E-state index contributed by atoms with van der Waals surface area (Å²) >= 11 is 0. The Balaban J connectivity index is 1.89. The molecule has 0 spiro atoms. The molecule has 0 fully saturated rings. The minimum absolute atomic E-state index is 0.380. The summed E-state index contributed by atoms with van der Waals surface area (Å²) in [4.78, 5) is 0.835. The zero-order chi connectivity index (χ0) is 15.2. The Morgan fingerprint density at radius 1 is 1.10 bits per heavy atom. The van der Waals surface area contributed by atoms with Gasteiger partial charge in [-0.25, -0.2) is 0 Å². The van der Waals surface area contributed by atoms with E-state index in [2.05, 4.69) is 6.07 Å². The van der Waals surface area contributed by atoms with E-state index < -0.39 is 10.8 Å². The average molecular weight is 299 g/mol. The fourth-order valence-electron chi connectivity index (χ4n) is 1.83. The number of nitrogens with zero attached hydrogens (tertiary/aromatic N) is 1. The van der Waals surface area contributed by atoms with Gasteiger partial charge >= 0.3 is 0 Å². The highest BCUT2D eigenvalue weighted by Crippen LogP contribution is 2.15. The second-order valence-corrected chi connectivity index (χ2v) is 6.35. The molecule has 0 saturated heterocycles. The molecule has 0 bridgehead atoms. The molecule has 0 radical (unpaired) electrons. The second-order valence-electron chi connectivity index (χ2n) is 4.78. The Kier molecular flexibility index (Phi) is 5.13. The van der Waals surface area contributed by atoms with Gasteiger partial charge in [-0.2, -0.15) is 5.26 Å². The van der Waals surface area contributed by atoms with Crippen LogP contribution in [-0.4, -0.2) is 16.6 Å². The van der Waals surface area contributed by atoms with Gasteiger partial charge < -0.3 is 4.74 Å². The van der Waals surface area contributed by atoms with E-state index in [9.17, 15) is 4.21 Å². The molecule has 2 rings (SSSR count). The predicted molar refractivity (Wildman–Crippen MR) is 83.8 cm³/mol. The minimum atomic E-state index is -1.06. The fraction of sp³-hybridized carbons (Fsp3) is 0.235. The molecule has 1 atom stereocenters. The van der Waals surface area contributed by atoms with Gasteiger partial charge in [0.2, 0.25) is 0 Å². The molecule has 3 nitrogen and oxygen atoms in total. The molecule has 0 aliphatic carbocycles. The van der Waals surface area contributed by atoms with E-state index in [-0.39, 0.29) is 0 Å². The summed E-state index contributed by atoms with van der Waals surface area (Å²) in [5.74, 6) is 1.13. The van der Waals surface area contributed by atoms with Gasteiger partial charge in [-0.15, -0.1) is 0 Å². The van der Waals surface area contributed by atoms with Crippen molar-refractivity contribution in [3.05, 3.63) is 59.2 Å². The normalized spacial score (nSPS) is 11.7. The molecule has 0 aromatic heterocycles. The molecule has 21 heavy (non-hydrogen) atoms. The Bertz CT molecular complexity index is 687. The molecular weight excluding hydrogens is 282 g/mol. The van der Waals surface area contributed by atoms with Crippen LogP contribution in [0.4, 0.5) is 0 Å². The smallest absolute Gasteiger partial charge is 0.119 e. The molecule has 0 saturated carbocycles. The van der Waals surface area contributed by atoms with Gasteiger partial charge in [-0.05, 0) is 61.4 Å². The van der Waals surface area contributed by atoms with E-state index in [0.717, 1.165) is 10.5 Å². The van der Waals surface area contributed by atoms with E-state index in [1.807, 2.05) is 32.0 Å². The van der Waals surface area contributed by atoms with Crippen LogP contribution in [0.2, 0.25) is 0 Å². The van der Waals surface area contributed by atoms with Gasteiger partial charge in [0.05, 0.1) is 28.2 Å². The van der Waals surface area contributed by atoms with Crippen molar-refractivity contribution in [2.24, 2.45) is 0 Å². The van der Waals surface area contributed by atoms with Gasteiger partial charge in [-0.1, -0.05) is 6.07 Å². The van der Waals surface area contributed by atoms with Crippen molar-refractivity contribution in [1.29, 1.82) is 5.26 Å². The third-order valence-corrected chi connectivity index (χ3v) is 4.58. The molecule has 2 aromatic carbocycles.